The maximum atomic E-state index is 17.4. The van der Waals surface area contributed by atoms with Crippen molar-refractivity contribution in [3.05, 3.63) is 77.0 Å². The Morgan fingerprint density at radius 3 is 2.32 bits per heavy atom. The molecule has 6 aliphatic heterocycles. The van der Waals surface area contributed by atoms with E-state index in [-0.39, 0.29) is 80.6 Å². The maximum Gasteiger partial charge on any atom is 0.319 e. The summed E-state index contributed by atoms with van der Waals surface area (Å²) in [5.41, 5.74) is 2.99. The van der Waals surface area contributed by atoms with E-state index < -0.39 is 23.6 Å². The van der Waals surface area contributed by atoms with Crippen molar-refractivity contribution >= 4 is 50.9 Å². The summed E-state index contributed by atoms with van der Waals surface area (Å²) in [6.45, 7) is 7.04. The zero-order valence-corrected chi connectivity index (χ0v) is 40.4. The highest BCUT2D eigenvalue weighted by Gasteiger charge is 2.48. The van der Waals surface area contributed by atoms with E-state index in [1.54, 1.807) is 11.1 Å². The van der Waals surface area contributed by atoms with Crippen LogP contribution < -0.4 is 25.2 Å². The Labute approximate surface area is 416 Å². The first-order valence-corrected chi connectivity index (χ1v) is 26.1. The molecule has 16 heteroatoms. The summed E-state index contributed by atoms with van der Waals surface area (Å²) < 4.78 is 39.1. The van der Waals surface area contributed by atoms with Crippen molar-refractivity contribution in [1.82, 2.24) is 35.4 Å². The second-order valence-electron chi connectivity index (χ2n) is 22.5. The lowest BCUT2D eigenvalue weighted by Crippen LogP contribution is -2.56. The average Bonchev–Trinajstić information content (AvgIpc) is 4.08. The van der Waals surface area contributed by atoms with Gasteiger partial charge in [-0.25, -0.2) is 8.78 Å². The molecule has 3 amide bonds. The van der Waals surface area contributed by atoms with Crippen LogP contribution in [0.4, 0.5) is 20.3 Å². The fourth-order valence-corrected chi connectivity index (χ4v) is 13.7. The first-order valence-electron chi connectivity index (χ1n) is 26.1. The molecule has 2 aliphatic carbocycles. The molecule has 8 heterocycles. The Bertz CT molecular complexity index is 3100. The number of terminal acetylenes is 1. The van der Waals surface area contributed by atoms with E-state index in [0.29, 0.717) is 41.7 Å². The molecule has 5 atom stereocenters. The van der Waals surface area contributed by atoms with Gasteiger partial charge in [-0.15, -0.1) is 6.42 Å². The van der Waals surface area contributed by atoms with Gasteiger partial charge in [-0.3, -0.25) is 24.7 Å². The van der Waals surface area contributed by atoms with Crippen molar-refractivity contribution in [3.8, 4) is 35.4 Å². The van der Waals surface area contributed by atoms with Gasteiger partial charge in [-0.05, 0) is 148 Å². The quantitative estimate of drug-likeness (QED) is 0.102. The lowest BCUT2D eigenvalue weighted by molar-refractivity contribution is -0.136. The minimum atomic E-state index is -0.720. The number of benzene rings is 3. The molecule has 5 unspecified atom stereocenters. The van der Waals surface area contributed by atoms with Gasteiger partial charge in [0, 0.05) is 91.6 Å². The zero-order valence-electron chi connectivity index (χ0n) is 40.4. The number of rotatable bonds is 9. The number of carbonyl (C=O) groups excluding carboxylic acids is 3. The molecule has 2 saturated carbocycles. The molecule has 14 nitrogen and oxygen atoms in total. The Morgan fingerprint density at radius 2 is 1.61 bits per heavy atom. The molecule has 2 aromatic heterocycles. The van der Waals surface area contributed by atoms with E-state index in [1.165, 1.54) is 37.1 Å². The fourth-order valence-electron chi connectivity index (χ4n) is 13.7. The number of nitrogens with one attached hydrogen (secondary N) is 2. The number of pyridine rings is 1. The topological polar surface area (TPSA) is 156 Å². The Hall–Kier alpha value is -6.44. The highest BCUT2D eigenvalue weighted by Crippen LogP contribution is 2.50. The van der Waals surface area contributed by atoms with Gasteiger partial charge in [-0.2, -0.15) is 9.97 Å². The number of likely N-dealkylation sites (tertiary alicyclic amines) is 1. The molecule has 3 N–H and O–H groups in total. The number of aromatic hydroxyl groups is 1. The number of phenolic OH excluding ortho intramolecular Hbond substituents is 1. The molecule has 3 aromatic carbocycles. The third-order valence-corrected chi connectivity index (χ3v) is 18.1. The van der Waals surface area contributed by atoms with Gasteiger partial charge in [0.15, 0.2) is 5.82 Å². The highest BCUT2D eigenvalue weighted by atomic mass is 19.1. The van der Waals surface area contributed by atoms with E-state index in [9.17, 15) is 19.5 Å². The number of anilines is 2. The van der Waals surface area contributed by atoms with Crippen LogP contribution >= 0.6 is 0 Å². The second kappa shape index (κ2) is 17.4. The first kappa shape index (κ1) is 45.4. The molecule has 13 rings (SSSR count). The van der Waals surface area contributed by atoms with E-state index in [1.807, 2.05) is 12.1 Å². The van der Waals surface area contributed by atoms with Crippen LogP contribution in [0.5, 0.6) is 11.8 Å². The summed E-state index contributed by atoms with van der Waals surface area (Å²) in [5, 5.41) is 18.3. The lowest BCUT2D eigenvalue weighted by Gasteiger charge is -2.48. The van der Waals surface area contributed by atoms with Crippen molar-refractivity contribution < 1.29 is 33.0 Å². The number of piperidine rings is 3. The summed E-state index contributed by atoms with van der Waals surface area (Å²) in [6.07, 6.45) is 19.2. The third-order valence-electron chi connectivity index (χ3n) is 18.1. The van der Waals surface area contributed by atoms with Gasteiger partial charge in [0.25, 0.3) is 5.91 Å². The van der Waals surface area contributed by atoms with Gasteiger partial charge in [-0.1, -0.05) is 12.0 Å². The van der Waals surface area contributed by atoms with E-state index in [0.717, 1.165) is 120 Å². The Morgan fingerprint density at radius 1 is 0.861 bits per heavy atom. The number of imide groups is 1. The summed E-state index contributed by atoms with van der Waals surface area (Å²) in [6, 6.07) is 11.7. The largest absolute Gasteiger partial charge is 0.508 e. The number of hydrogen-bond acceptors (Lipinski definition) is 12. The average molecular weight is 976 g/mol. The van der Waals surface area contributed by atoms with Crippen LogP contribution in [0.25, 0.3) is 32.9 Å². The standard InChI is InChI=1S/C56H59F2N9O5/c1-2-40-44(57)8-5-34-24-39(68)25-42(47(34)40)49-48(58)50-43(26-59-49)51(66-28-36-21-32-3-4-33(32)22-37(29-66)60-36)63-54(62-50)72-31-56(11-12-56)30-64-17-13-55(14-18-64)15-19-65(20-16-55)38-6-7-41-35(23-38)27-67(53(41)71)45-9-10-46(69)61-52(45)70/h1,5-8,23-26,32-33,36-37,45,60,68H,3-4,9-22,27-31H2,(H,61,69,70). The van der Waals surface area contributed by atoms with Gasteiger partial charge in [0.2, 0.25) is 11.8 Å². The minimum Gasteiger partial charge on any atom is -0.508 e. The Balaban J connectivity index is 0.701. The van der Waals surface area contributed by atoms with Crippen LogP contribution in [0.2, 0.25) is 0 Å². The molecule has 72 heavy (non-hydrogen) atoms. The SMILES string of the molecule is C#Cc1c(F)ccc2cc(O)cc(-c3ncc4c(N5CC6CC7CCC7CC(C5)N6)nc(OCC5(CN6CCC7(CC6)CCN(c6ccc8c(c6)CN(C6CCC(=O)NC6=O)C8=O)CC7)CC5)nc4c3F)c12. The van der Waals surface area contributed by atoms with Gasteiger partial charge in [0.1, 0.15) is 34.6 Å². The number of nitrogens with zero attached hydrogens (tertiary/aromatic N) is 7. The second-order valence-corrected chi connectivity index (χ2v) is 22.5. The van der Waals surface area contributed by atoms with Crippen molar-refractivity contribution in [2.24, 2.45) is 22.7 Å². The minimum absolute atomic E-state index is 0.0346. The summed E-state index contributed by atoms with van der Waals surface area (Å²) in [7, 11) is 0. The van der Waals surface area contributed by atoms with Crippen LogP contribution in [-0.2, 0) is 16.1 Å². The van der Waals surface area contributed by atoms with Gasteiger partial charge < -0.3 is 34.8 Å². The zero-order chi connectivity index (χ0) is 49.0. The first-order chi connectivity index (χ1) is 34.9. The number of ether oxygens (including phenoxy) is 1. The predicted molar refractivity (Wildman–Crippen MR) is 267 cm³/mol. The molecule has 1 spiro atoms. The van der Waals surface area contributed by atoms with Crippen LogP contribution in [0.3, 0.4) is 0 Å². The summed E-state index contributed by atoms with van der Waals surface area (Å²) in [4.78, 5) is 61.1. The van der Waals surface area contributed by atoms with E-state index in [2.05, 4.69) is 42.3 Å². The van der Waals surface area contributed by atoms with Crippen molar-refractivity contribution in [3.63, 3.8) is 0 Å². The van der Waals surface area contributed by atoms with Crippen LogP contribution in [0, 0.1) is 46.6 Å². The number of amides is 3. The molecule has 7 fully saturated rings. The van der Waals surface area contributed by atoms with Crippen molar-refractivity contribution in [1.29, 1.82) is 0 Å². The lowest BCUT2D eigenvalue weighted by atomic mass is 9.69. The number of carbonyl (C=O) groups is 3. The molecule has 0 radical (unpaired) electrons. The third kappa shape index (κ3) is 7.98. The number of phenols is 1. The van der Waals surface area contributed by atoms with Gasteiger partial charge >= 0.3 is 6.01 Å². The number of halogens is 2. The highest BCUT2D eigenvalue weighted by molar-refractivity contribution is 6.06. The number of hydrogen-bond donors (Lipinski definition) is 3. The van der Waals surface area contributed by atoms with Crippen LogP contribution in [0.1, 0.15) is 98.5 Å². The van der Waals surface area contributed by atoms with Crippen LogP contribution in [0.15, 0.2) is 48.7 Å². The van der Waals surface area contributed by atoms with Gasteiger partial charge in [0.05, 0.1) is 17.6 Å². The normalized spacial score (nSPS) is 26.5. The van der Waals surface area contributed by atoms with Crippen LogP contribution in [-0.4, -0.2) is 118 Å². The summed E-state index contributed by atoms with van der Waals surface area (Å²) in [5.74, 6) is 2.19. The molecule has 5 saturated heterocycles. The monoisotopic (exact) mass is 975 g/mol. The molecule has 8 aliphatic rings. The molecule has 372 valence electrons. The number of fused-ring (bicyclic) bond motifs is 6. The Kier molecular flexibility index (Phi) is 11.0. The van der Waals surface area contributed by atoms with E-state index >= 15 is 8.78 Å². The number of piperazine rings is 1. The molecule has 5 aromatic rings. The van der Waals surface area contributed by atoms with E-state index in [4.69, 9.17) is 21.1 Å². The van der Waals surface area contributed by atoms with Crippen molar-refractivity contribution in [2.75, 3.05) is 62.2 Å². The van der Waals surface area contributed by atoms with Crippen molar-refractivity contribution in [2.45, 2.75) is 102 Å². The predicted octanol–water partition coefficient (Wildman–Crippen LogP) is 7.08. The maximum absolute atomic E-state index is 17.4. The molecular formula is C56H59F2N9O5. The molecular weight excluding hydrogens is 917 g/mol. The fraction of sp³-hybridized carbons (Fsp3) is 0.500. The summed E-state index contributed by atoms with van der Waals surface area (Å²) >= 11 is 0. The number of aromatic nitrogens is 3. The molecule has 2 bridgehead atoms. The smallest absolute Gasteiger partial charge is 0.319 e.